The maximum Gasteiger partial charge on any atom is 0.311 e. The maximum atomic E-state index is 12.1. The van der Waals surface area contributed by atoms with Crippen LogP contribution in [0.25, 0.3) is 0 Å². The molecule has 1 fully saturated rings. The topological polar surface area (TPSA) is 46.5 Å². The number of carbonyl (C=O) groups is 1. The quantitative estimate of drug-likeness (QED) is 0.769. The molecule has 0 spiro atoms. The first-order valence-corrected chi connectivity index (χ1v) is 7.36. The van der Waals surface area contributed by atoms with E-state index < -0.39 is 5.60 Å². The zero-order valence-corrected chi connectivity index (χ0v) is 12.2. The lowest BCUT2D eigenvalue weighted by atomic mass is 9.64. The van der Waals surface area contributed by atoms with Crippen molar-refractivity contribution in [3.05, 3.63) is 0 Å². The van der Waals surface area contributed by atoms with Gasteiger partial charge in [-0.3, -0.25) is 4.79 Å². The molecule has 0 amide bonds. The fraction of sp³-hybridized carbons (Fsp3) is 0.933. The second-order valence-electron chi connectivity index (χ2n) is 5.80. The molecule has 0 radical (unpaired) electrons. The normalized spacial score (nSPS) is 30.2. The first-order chi connectivity index (χ1) is 8.47. The molecule has 0 aromatic rings. The van der Waals surface area contributed by atoms with Gasteiger partial charge >= 0.3 is 5.97 Å². The van der Waals surface area contributed by atoms with Gasteiger partial charge in [-0.25, -0.2) is 0 Å². The Morgan fingerprint density at radius 3 is 2.56 bits per heavy atom. The second kappa shape index (κ2) is 6.55. The van der Waals surface area contributed by atoms with Crippen molar-refractivity contribution < 1.29 is 14.6 Å². The Bertz CT molecular complexity index is 275. The van der Waals surface area contributed by atoms with Gasteiger partial charge in [0.05, 0.1) is 18.1 Å². The molecule has 1 rings (SSSR count). The Hall–Kier alpha value is -0.570. The molecule has 18 heavy (non-hydrogen) atoms. The highest BCUT2D eigenvalue weighted by atomic mass is 16.5. The second-order valence-corrected chi connectivity index (χ2v) is 5.80. The van der Waals surface area contributed by atoms with Gasteiger partial charge in [0, 0.05) is 0 Å². The molecular formula is C15H28O3. The highest BCUT2D eigenvalue weighted by Crippen LogP contribution is 2.44. The van der Waals surface area contributed by atoms with Gasteiger partial charge < -0.3 is 9.84 Å². The van der Waals surface area contributed by atoms with Crippen molar-refractivity contribution in [2.24, 2.45) is 17.8 Å². The van der Waals surface area contributed by atoms with E-state index in [0.29, 0.717) is 18.9 Å². The molecule has 3 heteroatoms. The fourth-order valence-corrected chi connectivity index (χ4v) is 3.52. The van der Waals surface area contributed by atoms with Gasteiger partial charge in [-0.15, -0.1) is 0 Å². The van der Waals surface area contributed by atoms with Crippen molar-refractivity contribution in [3.63, 3.8) is 0 Å². The number of hydrogen-bond acceptors (Lipinski definition) is 3. The third kappa shape index (κ3) is 3.05. The summed E-state index contributed by atoms with van der Waals surface area (Å²) in [4.78, 5) is 12.1. The summed E-state index contributed by atoms with van der Waals surface area (Å²) in [5, 5.41) is 11.1. The van der Waals surface area contributed by atoms with E-state index in [9.17, 15) is 9.90 Å². The summed E-state index contributed by atoms with van der Waals surface area (Å²) in [6, 6.07) is 0. The Labute approximate surface area is 111 Å². The van der Waals surface area contributed by atoms with E-state index in [2.05, 4.69) is 13.8 Å². The summed E-state index contributed by atoms with van der Waals surface area (Å²) >= 11 is 0. The summed E-state index contributed by atoms with van der Waals surface area (Å²) in [7, 11) is 0. The van der Waals surface area contributed by atoms with Crippen LogP contribution in [0.15, 0.2) is 0 Å². The van der Waals surface area contributed by atoms with Crippen LogP contribution < -0.4 is 0 Å². The molecule has 0 aliphatic heterocycles. The van der Waals surface area contributed by atoms with Crippen LogP contribution in [0.5, 0.6) is 0 Å². The first kappa shape index (κ1) is 15.5. The molecule has 1 N–H and O–H groups in total. The molecule has 0 aromatic carbocycles. The summed E-state index contributed by atoms with van der Waals surface area (Å²) in [5.74, 6) is 0.0135. The third-order valence-electron chi connectivity index (χ3n) is 4.37. The van der Waals surface area contributed by atoms with Crippen LogP contribution in [0.1, 0.15) is 59.8 Å². The van der Waals surface area contributed by atoms with Gasteiger partial charge in [0.15, 0.2) is 0 Å². The van der Waals surface area contributed by atoms with Gasteiger partial charge in [0.2, 0.25) is 0 Å². The van der Waals surface area contributed by atoms with Crippen LogP contribution >= 0.6 is 0 Å². The molecular weight excluding hydrogens is 228 g/mol. The van der Waals surface area contributed by atoms with E-state index in [-0.39, 0.29) is 17.8 Å². The number of hydrogen-bond donors (Lipinski definition) is 1. The van der Waals surface area contributed by atoms with Crippen molar-refractivity contribution in [2.45, 2.75) is 65.4 Å². The maximum absolute atomic E-state index is 12.1. The van der Waals surface area contributed by atoms with Crippen molar-refractivity contribution in [3.8, 4) is 0 Å². The molecule has 0 heterocycles. The van der Waals surface area contributed by atoms with Gasteiger partial charge in [-0.05, 0) is 38.0 Å². The summed E-state index contributed by atoms with van der Waals surface area (Å²) in [5.41, 5.74) is -0.868. The Morgan fingerprint density at radius 1 is 1.39 bits per heavy atom. The van der Waals surface area contributed by atoms with Gasteiger partial charge in [0.1, 0.15) is 0 Å². The fourth-order valence-electron chi connectivity index (χ4n) is 3.52. The smallest absolute Gasteiger partial charge is 0.311 e. The Kier molecular flexibility index (Phi) is 5.64. The van der Waals surface area contributed by atoms with Crippen LogP contribution in [0.4, 0.5) is 0 Å². The van der Waals surface area contributed by atoms with Crippen LogP contribution in [0.3, 0.4) is 0 Å². The largest absolute Gasteiger partial charge is 0.466 e. The van der Waals surface area contributed by atoms with Crippen molar-refractivity contribution in [2.75, 3.05) is 6.61 Å². The predicted molar refractivity (Wildman–Crippen MR) is 72.2 cm³/mol. The zero-order valence-electron chi connectivity index (χ0n) is 12.2. The lowest BCUT2D eigenvalue weighted by Crippen LogP contribution is -2.52. The number of carbonyl (C=O) groups excluding carboxylic acids is 1. The van der Waals surface area contributed by atoms with E-state index in [1.165, 1.54) is 0 Å². The van der Waals surface area contributed by atoms with E-state index in [4.69, 9.17) is 4.74 Å². The minimum atomic E-state index is -0.868. The highest BCUT2D eigenvalue weighted by molar-refractivity contribution is 5.74. The van der Waals surface area contributed by atoms with E-state index in [1.807, 2.05) is 13.8 Å². The van der Waals surface area contributed by atoms with Gasteiger partial charge in [-0.1, -0.05) is 33.6 Å². The molecule has 3 atom stereocenters. The van der Waals surface area contributed by atoms with Gasteiger partial charge in [0.25, 0.3) is 0 Å². The van der Waals surface area contributed by atoms with Crippen LogP contribution in [-0.4, -0.2) is 23.3 Å². The lowest BCUT2D eigenvalue weighted by Gasteiger charge is -2.46. The van der Waals surface area contributed by atoms with E-state index in [0.717, 1.165) is 25.7 Å². The molecule has 1 aliphatic rings. The summed E-state index contributed by atoms with van der Waals surface area (Å²) in [6.45, 7) is 8.44. The highest BCUT2D eigenvalue weighted by Gasteiger charge is 2.49. The molecule has 1 aliphatic carbocycles. The van der Waals surface area contributed by atoms with E-state index >= 15 is 0 Å². The Morgan fingerprint density at radius 2 is 2.06 bits per heavy atom. The zero-order chi connectivity index (χ0) is 13.8. The minimum absolute atomic E-state index is 0.209. The molecule has 0 saturated heterocycles. The number of ether oxygens (including phenoxy) is 1. The van der Waals surface area contributed by atoms with Crippen molar-refractivity contribution >= 4 is 5.97 Å². The molecule has 1 saturated carbocycles. The number of aliphatic hydroxyl groups is 1. The predicted octanol–water partition coefficient (Wildman–Crippen LogP) is 3.15. The standard InChI is InChI=1S/C15H28O3/c1-5-12(14(16)18-6-2)15(17)10-8-7-9-13(15)11(3)4/h11-13,17H,5-10H2,1-4H3. The average Bonchev–Trinajstić information content (AvgIpc) is 2.30. The molecule has 3 nitrogen and oxygen atoms in total. The van der Waals surface area contributed by atoms with Crippen LogP contribution in [0, 0.1) is 17.8 Å². The molecule has 106 valence electrons. The third-order valence-corrected chi connectivity index (χ3v) is 4.37. The SMILES string of the molecule is CCOC(=O)C(CC)C1(O)CCCCC1C(C)C. The van der Waals surface area contributed by atoms with Crippen LogP contribution in [-0.2, 0) is 9.53 Å². The summed E-state index contributed by atoms with van der Waals surface area (Å²) in [6.07, 6.45) is 4.57. The minimum Gasteiger partial charge on any atom is -0.466 e. The summed E-state index contributed by atoms with van der Waals surface area (Å²) < 4.78 is 5.14. The average molecular weight is 256 g/mol. The monoisotopic (exact) mass is 256 g/mol. The van der Waals surface area contributed by atoms with E-state index in [1.54, 1.807) is 0 Å². The lowest BCUT2D eigenvalue weighted by molar-refractivity contribution is -0.170. The van der Waals surface area contributed by atoms with Crippen molar-refractivity contribution in [1.82, 2.24) is 0 Å². The molecule has 0 aromatic heterocycles. The first-order valence-electron chi connectivity index (χ1n) is 7.36. The van der Waals surface area contributed by atoms with Crippen LogP contribution in [0.2, 0.25) is 0 Å². The molecule has 3 unspecified atom stereocenters. The number of esters is 1. The number of rotatable bonds is 5. The van der Waals surface area contributed by atoms with Crippen molar-refractivity contribution in [1.29, 1.82) is 0 Å². The molecule has 0 bridgehead atoms. The van der Waals surface area contributed by atoms with Gasteiger partial charge in [-0.2, -0.15) is 0 Å². The Balaban J connectivity index is 2.94.